The normalized spacial score (nSPS) is 12.8. The summed E-state index contributed by atoms with van der Waals surface area (Å²) in [7, 11) is 0. The van der Waals surface area contributed by atoms with Crippen molar-refractivity contribution in [2.24, 2.45) is 0 Å². The Hall–Kier alpha value is -3.93. The van der Waals surface area contributed by atoms with Crippen LogP contribution in [0.3, 0.4) is 0 Å². The zero-order chi connectivity index (χ0) is 57.8. The Kier molecular flexibility index (Phi) is 64.3. The molecular formula is C74H126O6. The van der Waals surface area contributed by atoms with Crippen LogP contribution in [0.1, 0.15) is 323 Å². The number of carbonyl (C=O) groups is 3. The summed E-state index contributed by atoms with van der Waals surface area (Å²) in [5, 5.41) is 0. The zero-order valence-electron chi connectivity index (χ0n) is 52.6. The van der Waals surface area contributed by atoms with Crippen molar-refractivity contribution >= 4 is 17.9 Å². The lowest BCUT2D eigenvalue weighted by Crippen LogP contribution is -2.30. The standard InChI is InChI=1S/C74H126O6/c1-4-7-10-13-16-19-22-24-26-28-30-32-34-35-36-37-38-39-41-42-44-46-48-50-52-55-58-61-64-67-73(76)79-70-71(69-78-72(75)66-63-60-57-54-21-18-15-12-9-6-3)80-74(77)68-65-62-59-56-53-51-49-47-45-43-40-33-31-29-27-25-23-20-17-14-11-8-5-2/h7-8,10-12,15-17,19-20,24-27,30-33,71H,4-6,9,13-14,18,21-23,28-29,34-70H2,1-3H3/b10-7-,11-8-,15-12-,19-16-,20-17-,26-24-,27-25-,32-30-,33-31-. The second kappa shape index (κ2) is 67.6. The highest BCUT2D eigenvalue weighted by molar-refractivity contribution is 5.71. The average molecular weight is 1110 g/mol. The maximum absolute atomic E-state index is 12.9. The van der Waals surface area contributed by atoms with Crippen LogP contribution in [0, 0.1) is 0 Å². The third-order valence-corrected chi connectivity index (χ3v) is 14.5. The number of hydrogen-bond acceptors (Lipinski definition) is 6. The molecule has 0 spiro atoms. The van der Waals surface area contributed by atoms with E-state index in [1.807, 2.05) is 0 Å². The molecule has 0 radical (unpaired) electrons. The van der Waals surface area contributed by atoms with Crippen LogP contribution in [-0.2, 0) is 28.6 Å². The highest BCUT2D eigenvalue weighted by Crippen LogP contribution is 2.17. The summed E-state index contributed by atoms with van der Waals surface area (Å²) in [5.74, 6) is -0.885. The van der Waals surface area contributed by atoms with E-state index in [1.165, 1.54) is 161 Å². The quantitative estimate of drug-likeness (QED) is 0.0261. The van der Waals surface area contributed by atoms with Crippen LogP contribution in [0.15, 0.2) is 109 Å². The maximum Gasteiger partial charge on any atom is 0.306 e. The van der Waals surface area contributed by atoms with E-state index in [-0.39, 0.29) is 31.1 Å². The number of carbonyl (C=O) groups excluding carboxylic acids is 3. The molecule has 1 atom stereocenters. The van der Waals surface area contributed by atoms with E-state index in [9.17, 15) is 14.4 Å². The van der Waals surface area contributed by atoms with Crippen molar-refractivity contribution in [3.63, 3.8) is 0 Å². The van der Waals surface area contributed by atoms with Crippen molar-refractivity contribution < 1.29 is 28.6 Å². The number of hydrogen-bond donors (Lipinski definition) is 0. The average Bonchev–Trinajstić information content (AvgIpc) is 3.46. The van der Waals surface area contributed by atoms with Crippen LogP contribution in [0.2, 0.25) is 0 Å². The fraction of sp³-hybridized carbons (Fsp3) is 0.716. The molecule has 0 amide bonds. The Balaban J connectivity index is 4.19. The van der Waals surface area contributed by atoms with Gasteiger partial charge in [-0.1, -0.05) is 297 Å². The fourth-order valence-electron chi connectivity index (χ4n) is 9.49. The first-order valence-corrected chi connectivity index (χ1v) is 33.9. The summed E-state index contributed by atoms with van der Waals surface area (Å²) >= 11 is 0. The number of rotatable bonds is 61. The molecule has 6 nitrogen and oxygen atoms in total. The lowest BCUT2D eigenvalue weighted by Gasteiger charge is -2.18. The van der Waals surface area contributed by atoms with E-state index in [0.29, 0.717) is 19.3 Å². The van der Waals surface area contributed by atoms with Crippen molar-refractivity contribution in [2.45, 2.75) is 329 Å². The molecule has 0 aromatic carbocycles. The van der Waals surface area contributed by atoms with Crippen LogP contribution < -0.4 is 0 Å². The van der Waals surface area contributed by atoms with Crippen LogP contribution in [0.25, 0.3) is 0 Å². The van der Waals surface area contributed by atoms with Crippen LogP contribution in [0.4, 0.5) is 0 Å². The molecule has 0 fully saturated rings. The molecule has 0 aliphatic heterocycles. The summed E-state index contributed by atoms with van der Waals surface area (Å²) in [4.78, 5) is 38.3. The number of esters is 3. The smallest absolute Gasteiger partial charge is 0.306 e. The van der Waals surface area contributed by atoms with Gasteiger partial charge in [-0.05, 0) is 116 Å². The van der Waals surface area contributed by atoms with Gasteiger partial charge in [-0.25, -0.2) is 0 Å². The topological polar surface area (TPSA) is 78.9 Å². The molecule has 0 saturated heterocycles. The lowest BCUT2D eigenvalue weighted by molar-refractivity contribution is -0.167. The molecular weight excluding hydrogens is 985 g/mol. The fourth-order valence-corrected chi connectivity index (χ4v) is 9.49. The minimum Gasteiger partial charge on any atom is -0.462 e. The van der Waals surface area contributed by atoms with Gasteiger partial charge in [0, 0.05) is 19.3 Å². The van der Waals surface area contributed by atoms with Gasteiger partial charge < -0.3 is 14.2 Å². The summed E-state index contributed by atoms with van der Waals surface area (Å²) in [6.45, 7) is 6.37. The van der Waals surface area contributed by atoms with E-state index >= 15 is 0 Å². The van der Waals surface area contributed by atoms with Gasteiger partial charge in [-0.2, -0.15) is 0 Å². The van der Waals surface area contributed by atoms with E-state index in [1.54, 1.807) is 0 Å². The number of unbranched alkanes of at least 4 members (excludes halogenated alkanes) is 32. The van der Waals surface area contributed by atoms with Crippen LogP contribution in [-0.4, -0.2) is 37.2 Å². The van der Waals surface area contributed by atoms with Gasteiger partial charge in [-0.3, -0.25) is 14.4 Å². The molecule has 0 aliphatic carbocycles. The number of ether oxygens (including phenoxy) is 3. The third kappa shape index (κ3) is 64.9. The van der Waals surface area contributed by atoms with Crippen molar-refractivity contribution in [3.05, 3.63) is 109 Å². The predicted molar refractivity (Wildman–Crippen MR) is 348 cm³/mol. The highest BCUT2D eigenvalue weighted by atomic mass is 16.6. The first-order valence-electron chi connectivity index (χ1n) is 33.9. The molecule has 80 heavy (non-hydrogen) atoms. The highest BCUT2D eigenvalue weighted by Gasteiger charge is 2.19. The second-order valence-corrected chi connectivity index (χ2v) is 22.3. The SMILES string of the molecule is CC/C=C\C/C=C\C/C=C\C/C=C\CCCCCCCCCCCCCCCCCCC(=O)OCC(COC(=O)CCCCCCC/C=C\CCC)OC(=O)CCCCCCCCCCCC/C=C\C/C=C\C/C=C\C/C=C\CC. The molecule has 0 rings (SSSR count). The molecule has 1 unspecified atom stereocenters. The molecule has 0 aromatic heterocycles. The van der Waals surface area contributed by atoms with Gasteiger partial charge in [0.05, 0.1) is 0 Å². The minimum atomic E-state index is -0.784. The first-order chi connectivity index (χ1) is 39.5. The summed E-state index contributed by atoms with van der Waals surface area (Å²) in [5.41, 5.74) is 0. The van der Waals surface area contributed by atoms with Crippen molar-refractivity contribution in [1.29, 1.82) is 0 Å². The van der Waals surface area contributed by atoms with Gasteiger partial charge in [0.2, 0.25) is 0 Å². The largest absolute Gasteiger partial charge is 0.462 e. The zero-order valence-corrected chi connectivity index (χ0v) is 52.6. The summed E-state index contributed by atoms with van der Waals surface area (Å²) in [6.07, 6.45) is 92.6. The van der Waals surface area contributed by atoms with Crippen LogP contribution in [0.5, 0.6) is 0 Å². The van der Waals surface area contributed by atoms with Gasteiger partial charge >= 0.3 is 17.9 Å². The van der Waals surface area contributed by atoms with Gasteiger partial charge in [0.15, 0.2) is 6.10 Å². The Morgan fingerprint density at radius 2 is 0.487 bits per heavy atom. The summed E-state index contributed by atoms with van der Waals surface area (Å²) in [6, 6.07) is 0. The molecule has 0 N–H and O–H groups in total. The van der Waals surface area contributed by atoms with Crippen molar-refractivity contribution in [2.75, 3.05) is 13.2 Å². The molecule has 0 aromatic rings. The first kappa shape index (κ1) is 76.1. The molecule has 0 aliphatic rings. The van der Waals surface area contributed by atoms with E-state index in [4.69, 9.17) is 14.2 Å². The monoisotopic (exact) mass is 1110 g/mol. The Bertz CT molecular complexity index is 1610. The van der Waals surface area contributed by atoms with Crippen molar-refractivity contribution in [3.8, 4) is 0 Å². The summed E-state index contributed by atoms with van der Waals surface area (Å²) < 4.78 is 16.9. The predicted octanol–water partition coefficient (Wildman–Crippen LogP) is 23.4. The van der Waals surface area contributed by atoms with Gasteiger partial charge in [0.1, 0.15) is 13.2 Å². The Morgan fingerprint density at radius 3 is 0.775 bits per heavy atom. The van der Waals surface area contributed by atoms with E-state index in [2.05, 4.69) is 130 Å². The second-order valence-electron chi connectivity index (χ2n) is 22.3. The molecule has 6 heteroatoms. The van der Waals surface area contributed by atoms with Crippen molar-refractivity contribution in [1.82, 2.24) is 0 Å². The van der Waals surface area contributed by atoms with Gasteiger partial charge in [0.25, 0.3) is 0 Å². The Labute approximate surface area is 495 Å². The van der Waals surface area contributed by atoms with E-state index in [0.717, 1.165) is 122 Å². The van der Waals surface area contributed by atoms with Gasteiger partial charge in [-0.15, -0.1) is 0 Å². The maximum atomic E-state index is 12.9. The molecule has 0 saturated carbocycles. The molecule has 458 valence electrons. The van der Waals surface area contributed by atoms with E-state index < -0.39 is 6.10 Å². The lowest BCUT2D eigenvalue weighted by atomic mass is 10.0. The molecule has 0 bridgehead atoms. The minimum absolute atomic E-state index is 0.0806. The van der Waals surface area contributed by atoms with Crippen LogP contribution >= 0.6 is 0 Å². The number of allylic oxidation sites excluding steroid dienone is 18. The third-order valence-electron chi connectivity index (χ3n) is 14.5. The Morgan fingerprint density at radius 1 is 0.263 bits per heavy atom. The molecule has 0 heterocycles.